The molecule has 0 aromatic heterocycles. The van der Waals surface area contributed by atoms with Crippen LogP contribution in [0.4, 0.5) is 0 Å². The highest BCUT2D eigenvalue weighted by molar-refractivity contribution is 7.99. The molecule has 1 heterocycles. The second kappa shape index (κ2) is 4.86. The van der Waals surface area contributed by atoms with Crippen molar-refractivity contribution >= 4 is 11.8 Å². The van der Waals surface area contributed by atoms with Gasteiger partial charge < -0.3 is 10.6 Å². The van der Waals surface area contributed by atoms with Gasteiger partial charge in [-0.25, -0.2) is 0 Å². The summed E-state index contributed by atoms with van der Waals surface area (Å²) in [6.45, 7) is 1.20. The van der Waals surface area contributed by atoms with Crippen LogP contribution in [0.1, 0.15) is 25.7 Å². The Kier molecular flexibility index (Phi) is 3.74. The van der Waals surface area contributed by atoms with E-state index in [4.69, 9.17) is 5.73 Å². The van der Waals surface area contributed by atoms with Crippen LogP contribution in [0, 0.1) is 5.92 Å². The van der Waals surface area contributed by atoms with Crippen LogP contribution in [0.2, 0.25) is 0 Å². The Morgan fingerprint density at radius 2 is 2.21 bits per heavy atom. The van der Waals surface area contributed by atoms with Gasteiger partial charge in [0.05, 0.1) is 0 Å². The Morgan fingerprint density at radius 3 is 2.79 bits per heavy atom. The third-order valence-electron chi connectivity index (χ3n) is 3.57. The van der Waals surface area contributed by atoms with Gasteiger partial charge >= 0.3 is 0 Å². The molecular formula is C11H22N2S. The van der Waals surface area contributed by atoms with Gasteiger partial charge in [-0.15, -0.1) is 0 Å². The van der Waals surface area contributed by atoms with Gasteiger partial charge in [0.1, 0.15) is 0 Å². The first-order valence-corrected chi connectivity index (χ1v) is 6.96. The van der Waals surface area contributed by atoms with Gasteiger partial charge in [0, 0.05) is 17.8 Å². The molecule has 0 aromatic carbocycles. The highest BCUT2D eigenvalue weighted by Gasteiger charge is 2.29. The fourth-order valence-electron chi connectivity index (χ4n) is 2.17. The van der Waals surface area contributed by atoms with Crippen LogP contribution in [0.3, 0.4) is 0 Å². The van der Waals surface area contributed by atoms with Crippen LogP contribution in [-0.2, 0) is 0 Å². The van der Waals surface area contributed by atoms with Crippen molar-refractivity contribution in [3.8, 4) is 0 Å². The molecule has 2 rings (SSSR count). The Hall–Kier alpha value is 0.270. The zero-order valence-electron chi connectivity index (χ0n) is 9.11. The molecule has 0 aromatic rings. The quantitative estimate of drug-likeness (QED) is 0.753. The second-order valence-electron chi connectivity index (χ2n) is 4.79. The summed E-state index contributed by atoms with van der Waals surface area (Å²) in [4.78, 5) is 2.52. The van der Waals surface area contributed by atoms with Crippen LogP contribution in [-0.4, -0.2) is 42.1 Å². The molecule has 1 saturated carbocycles. The molecule has 1 aliphatic heterocycles. The summed E-state index contributed by atoms with van der Waals surface area (Å²) in [6, 6.07) is 1.30. The molecule has 2 N–H and O–H groups in total. The molecule has 2 atom stereocenters. The lowest BCUT2D eigenvalue weighted by molar-refractivity contribution is 0.249. The fourth-order valence-corrected chi connectivity index (χ4v) is 3.46. The van der Waals surface area contributed by atoms with Gasteiger partial charge in [-0.3, -0.25) is 0 Å². The van der Waals surface area contributed by atoms with E-state index in [9.17, 15) is 0 Å². The molecule has 0 amide bonds. The van der Waals surface area contributed by atoms with E-state index in [0.717, 1.165) is 12.0 Å². The van der Waals surface area contributed by atoms with Crippen molar-refractivity contribution < 1.29 is 0 Å². The number of nitrogens with zero attached hydrogens (tertiary/aromatic N) is 1. The lowest BCUT2D eigenvalue weighted by atomic mass is 10.1. The number of hydrogen-bond acceptors (Lipinski definition) is 3. The summed E-state index contributed by atoms with van der Waals surface area (Å²) >= 11 is 2.09. The minimum Gasteiger partial charge on any atom is -0.327 e. The first kappa shape index (κ1) is 10.8. The van der Waals surface area contributed by atoms with E-state index in [1.807, 2.05) is 0 Å². The Morgan fingerprint density at radius 1 is 1.43 bits per heavy atom. The summed E-state index contributed by atoms with van der Waals surface area (Å²) in [7, 11) is 2.26. The molecule has 82 valence electrons. The van der Waals surface area contributed by atoms with Crippen LogP contribution in [0.15, 0.2) is 0 Å². The van der Waals surface area contributed by atoms with Crippen molar-refractivity contribution in [3.05, 3.63) is 0 Å². The molecule has 0 spiro atoms. The van der Waals surface area contributed by atoms with Crippen LogP contribution in [0.5, 0.6) is 0 Å². The Bertz CT molecular complexity index is 176. The maximum absolute atomic E-state index is 6.09. The molecule has 0 radical (unpaired) electrons. The molecule has 2 fully saturated rings. The van der Waals surface area contributed by atoms with Crippen molar-refractivity contribution in [2.75, 3.05) is 25.1 Å². The Balaban J connectivity index is 1.63. The fraction of sp³-hybridized carbons (Fsp3) is 1.00. The van der Waals surface area contributed by atoms with Crippen molar-refractivity contribution in [3.63, 3.8) is 0 Å². The largest absolute Gasteiger partial charge is 0.327 e. The van der Waals surface area contributed by atoms with E-state index < -0.39 is 0 Å². The lowest BCUT2D eigenvalue weighted by Gasteiger charge is -2.24. The standard InChI is InChI=1S/C11H22N2S/c1-13(10-5-7-14-8-10)6-4-11(12)9-2-3-9/h9-11H,2-8,12H2,1H3. The van der Waals surface area contributed by atoms with Crippen molar-refractivity contribution in [1.82, 2.24) is 4.90 Å². The minimum absolute atomic E-state index is 0.478. The zero-order valence-corrected chi connectivity index (χ0v) is 9.93. The first-order chi connectivity index (χ1) is 6.77. The van der Waals surface area contributed by atoms with Gasteiger partial charge in [0.15, 0.2) is 0 Å². The van der Waals surface area contributed by atoms with E-state index in [1.54, 1.807) is 0 Å². The predicted octanol–water partition coefficient (Wildman–Crippen LogP) is 1.55. The molecule has 0 bridgehead atoms. The molecule has 2 nitrogen and oxygen atoms in total. The topological polar surface area (TPSA) is 29.3 Å². The molecule has 2 aliphatic rings. The monoisotopic (exact) mass is 214 g/mol. The lowest BCUT2D eigenvalue weighted by Crippen LogP contribution is -2.36. The number of thioether (sulfide) groups is 1. The van der Waals surface area contributed by atoms with Crippen LogP contribution < -0.4 is 5.73 Å². The number of rotatable bonds is 5. The summed E-state index contributed by atoms with van der Waals surface area (Å²) in [5, 5.41) is 0. The summed E-state index contributed by atoms with van der Waals surface area (Å²) in [5.74, 6) is 3.54. The van der Waals surface area contributed by atoms with E-state index in [-0.39, 0.29) is 0 Å². The van der Waals surface area contributed by atoms with Gasteiger partial charge in [-0.2, -0.15) is 11.8 Å². The van der Waals surface area contributed by atoms with E-state index in [0.29, 0.717) is 6.04 Å². The molecule has 14 heavy (non-hydrogen) atoms. The molecule has 1 saturated heterocycles. The van der Waals surface area contributed by atoms with Crippen LogP contribution in [0.25, 0.3) is 0 Å². The normalized spacial score (nSPS) is 29.8. The van der Waals surface area contributed by atoms with Gasteiger partial charge in [0.25, 0.3) is 0 Å². The average Bonchev–Trinajstić information content (AvgIpc) is 2.90. The highest BCUT2D eigenvalue weighted by Crippen LogP contribution is 2.33. The molecule has 3 heteroatoms. The van der Waals surface area contributed by atoms with Crippen molar-refractivity contribution in [2.45, 2.75) is 37.8 Å². The molecular weight excluding hydrogens is 192 g/mol. The third-order valence-corrected chi connectivity index (χ3v) is 4.72. The highest BCUT2D eigenvalue weighted by atomic mass is 32.2. The zero-order chi connectivity index (χ0) is 9.97. The maximum atomic E-state index is 6.09. The summed E-state index contributed by atoms with van der Waals surface area (Å²) < 4.78 is 0. The summed E-state index contributed by atoms with van der Waals surface area (Å²) in [5.41, 5.74) is 6.09. The van der Waals surface area contributed by atoms with E-state index in [2.05, 4.69) is 23.7 Å². The number of hydrogen-bond donors (Lipinski definition) is 1. The van der Waals surface area contributed by atoms with Crippen LogP contribution >= 0.6 is 11.8 Å². The SMILES string of the molecule is CN(CCC(N)C1CC1)C1CCSC1. The van der Waals surface area contributed by atoms with E-state index >= 15 is 0 Å². The minimum atomic E-state index is 0.478. The summed E-state index contributed by atoms with van der Waals surface area (Å²) in [6.07, 6.45) is 5.33. The Labute approximate surface area is 91.6 Å². The smallest absolute Gasteiger partial charge is 0.0191 e. The molecule has 1 aliphatic carbocycles. The maximum Gasteiger partial charge on any atom is 0.0191 e. The number of nitrogens with two attached hydrogens (primary N) is 1. The second-order valence-corrected chi connectivity index (χ2v) is 5.94. The van der Waals surface area contributed by atoms with E-state index in [1.165, 1.54) is 43.7 Å². The van der Waals surface area contributed by atoms with Gasteiger partial charge in [-0.05, 0) is 50.9 Å². The van der Waals surface area contributed by atoms with Crippen molar-refractivity contribution in [2.24, 2.45) is 11.7 Å². The first-order valence-electron chi connectivity index (χ1n) is 5.81. The van der Waals surface area contributed by atoms with Gasteiger partial charge in [0.2, 0.25) is 0 Å². The van der Waals surface area contributed by atoms with Crippen molar-refractivity contribution in [1.29, 1.82) is 0 Å². The predicted molar refractivity (Wildman–Crippen MR) is 63.7 cm³/mol. The third kappa shape index (κ3) is 2.88. The molecule has 2 unspecified atom stereocenters. The average molecular weight is 214 g/mol. The van der Waals surface area contributed by atoms with Gasteiger partial charge in [-0.1, -0.05) is 0 Å².